The van der Waals surface area contributed by atoms with Crippen LogP contribution >= 0.6 is 0 Å². The van der Waals surface area contributed by atoms with E-state index in [1.54, 1.807) is 11.1 Å². The largest absolute Gasteiger partial charge is 0.337 e. The van der Waals surface area contributed by atoms with E-state index in [-0.39, 0.29) is 0 Å². The monoisotopic (exact) mass is 240 g/mol. The first-order valence-electron chi connectivity index (χ1n) is 6.72. The molecule has 3 rings (SSSR count). The zero-order valence-corrected chi connectivity index (χ0v) is 11.1. The van der Waals surface area contributed by atoms with Crippen molar-refractivity contribution >= 4 is 0 Å². The number of benzene rings is 1. The Morgan fingerprint density at radius 3 is 2.94 bits per heavy atom. The lowest BCUT2D eigenvalue weighted by atomic mass is 9.86. The van der Waals surface area contributed by atoms with Gasteiger partial charge in [-0.3, -0.25) is 0 Å². The molecule has 1 heterocycles. The number of imidazole rings is 1. The molecule has 1 aliphatic carbocycles. The average Bonchev–Trinajstić information content (AvgIpc) is 2.95. The lowest BCUT2D eigenvalue weighted by molar-refractivity contribution is 0.443. The van der Waals surface area contributed by atoms with Crippen molar-refractivity contribution in [3.05, 3.63) is 54.1 Å². The van der Waals surface area contributed by atoms with Gasteiger partial charge in [0.25, 0.3) is 0 Å². The molecule has 1 unspecified atom stereocenters. The second kappa shape index (κ2) is 4.27. The van der Waals surface area contributed by atoms with E-state index in [1.807, 2.05) is 18.7 Å². The van der Waals surface area contributed by atoms with Crippen molar-refractivity contribution in [3.8, 4) is 0 Å². The maximum atomic E-state index is 4.10. The predicted molar refractivity (Wildman–Crippen MR) is 73.7 cm³/mol. The number of rotatable bonds is 3. The van der Waals surface area contributed by atoms with Crippen molar-refractivity contribution in [1.82, 2.24) is 9.55 Å². The van der Waals surface area contributed by atoms with Gasteiger partial charge in [-0.1, -0.05) is 38.1 Å². The van der Waals surface area contributed by atoms with Crippen LogP contribution in [0.5, 0.6) is 0 Å². The first-order chi connectivity index (χ1) is 8.67. The Labute approximate surface area is 109 Å². The fraction of sp³-hybridized carbons (Fsp3) is 0.438. The minimum Gasteiger partial charge on any atom is -0.337 e. The van der Waals surface area contributed by atoms with Crippen molar-refractivity contribution in [1.29, 1.82) is 0 Å². The molecule has 2 heteroatoms. The summed E-state index contributed by atoms with van der Waals surface area (Å²) in [6.07, 6.45) is 8.28. The molecule has 2 aromatic rings. The van der Waals surface area contributed by atoms with Gasteiger partial charge in [0.2, 0.25) is 0 Å². The highest BCUT2D eigenvalue weighted by Crippen LogP contribution is 2.47. The molecular formula is C16H20N2. The van der Waals surface area contributed by atoms with Crippen LogP contribution < -0.4 is 0 Å². The van der Waals surface area contributed by atoms with E-state index in [1.165, 1.54) is 12.8 Å². The molecule has 1 atom stereocenters. The Hall–Kier alpha value is -1.57. The minimum atomic E-state index is 0.330. The normalized spacial score (nSPS) is 20.9. The lowest BCUT2D eigenvalue weighted by Gasteiger charge is -2.19. The summed E-state index contributed by atoms with van der Waals surface area (Å²) in [6, 6.07) is 8.94. The van der Waals surface area contributed by atoms with E-state index in [0.29, 0.717) is 11.3 Å². The molecule has 0 spiro atoms. The van der Waals surface area contributed by atoms with Gasteiger partial charge in [0.15, 0.2) is 0 Å². The maximum absolute atomic E-state index is 4.10. The van der Waals surface area contributed by atoms with Crippen LogP contribution in [0.2, 0.25) is 0 Å². The molecule has 0 N–H and O–H groups in total. The van der Waals surface area contributed by atoms with E-state index in [0.717, 1.165) is 6.54 Å². The van der Waals surface area contributed by atoms with Crippen LogP contribution in [-0.2, 0) is 12.0 Å². The zero-order valence-electron chi connectivity index (χ0n) is 11.1. The van der Waals surface area contributed by atoms with E-state index in [4.69, 9.17) is 0 Å². The second-order valence-corrected chi connectivity index (χ2v) is 5.96. The van der Waals surface area contributed by atoms with Gasteiger partial charge in [0, 0.05) is 18.9 Å². The van der Waals surface area contributed by atoms with Gasteiger partial charge in [0.1, 0.15) is 0 Å². The van der Waals surface area contributed by atoms with Gasteiger partial charge in [-0.2, -0.15) is 0 Å². The highest BCUT2D eigenvalue weighted by atomic mass is 15.0. The van der Waals surface area contributed by atoms with Crippen molar-refractivity contribution in [2.75, 3.05) is 0 Å². The summed E-state index contributed by atoms with van der Waals surface area (Å²) in [5.41, 5.74) is 3.43. The van der Waals surface area contributed by atoms with Crippen molar-refractivity contribution in [2.24, 2.45) is 0 Å². The van der Waals surface area contributed by atoms with E-state index in [9.17, 15) is 0 Å². The molecule has 0 aliphatic heterocycles. The molecule has 1 aliphatic rings. The minimum absolute atomic E-state index is 0.330. The average molecular weight is 240 g/mol. The topological polar surface area (TPSA) is 17.8 Å². The molecule has 0 radical (unpaired) electrons. The molecule has 1 aromatic heterocycles. The third kappa shape index (κ3) is 1.96. The van der Waals surface area contributed by atoms with E-state index >= 15 is 0 Å². The summed E-state index contributed by atoms with van der Waals surface area (Å²) in [7, 11) is 0. The zero-order chi connectivity index (χ0) is 12.6. The molecule has 0 amide bonds. The van der Waals surface area contributed by atoms with Crippen LogP contribution in [0.4, 0.5) is 0 Å². The van der Waals surface area contributed by atoms with Gasteiger partial charge < -0.3 is 4.57 Å². The third-order valence-corrected chi connectivity index (χ3v) is 4.18. The maximum Gasteiger partial charge on any atom is 0.0945 e. The summed E-state index contributed by atoms with van der Waals surface area (Å²) in [5.74, 6) is 0.693. The first kappa shape index (κ1) is 11.5. The molecular weight excluding hydrogens is 220 g/mol. The second-order valence-electron chi connectivity index (χ2n) is 5.96. The standard InChI is InChI=1S/C16H20N2/c1-16(2)11-13(7-9-18-10-8-17-12-18)14-5-3-4-6-15(14)16/h3-6,8,10,12-13H,7,9,11H2,1-2H3. The molecule has 18 heavy (non-hydrogen) atoms. The molecule has 94 valence electrons. The summed E-state index contributed by atoms with van der Waals surface area (Å²) in [6.45, 7) is 5.79. The number of nitrogens with zero attached hydrogens (tertiary/aromatic N) is 2. The Bertz CT molecular complexity index is 526. The van der Waals surface area contributed by atoms with Crippen LogP contribution in [0.25, 0.3) is 0 Å². The molecule has 0 fully saturated rings. The summed E-state index contributed by atoms with van der Waals surface area (Å²) in [5, 5.41) is 0. The van der Waals surface area contributed by atoms with Crippen molar-refractivity contribution < 1.29 is 0 Å². The highest BCUT2D eigenvalue weighted by molar-refractivity contribution is 5.41. The van der Waals surface area contributed by atoms with Crippen molar-refractivity contribution in [3.63, 3.8) is 0 Å². The quantitative estimate of drug-likeness (QED) is 0.799. The number of hydrogen-bond donors (Lipinski definition) is 0. The van der Waals surface area contributed by atoms with Gasteiger partial charge in [-0.05, 0) is 35.3 Å². The van der Waals surface area contributed by atoms with Crippen molar-refractivity contribution in [2.45, 2.75) is 44.6 Å². The number of fused-ring (bicyclic) bond motifs is 1. The van der Waals surface area contributed by atoms with Crippen LogP contribution in [0.15, 0.2) is 43.0 Å². The Morgan fingerprint density at radius 2 is 2.17 bits per heavy atom. The highest BCUT2D eigenvalue weighted by Gasteiger charge is 2.35. The van der Waals surface area contributed by atoms with Gasteiger partial charge in [-0.25, -0.2) is 4.98 Å². The fourth-order valence-electron chi connectivity index (χ4n) is 3.29. The summed E-state index contributed by atoms with van der Waals surface area (Å²) < 4.78 is 2.17. The molecule has 0 bridgehead atoms. The summed E-state index contributed by atoms with van der Waals surface area (Å²) in [4.78, 5) is 4.10. The van der Waals surface area contributed by atoms with Gasteiger partial charge in [-0.15, -0.1) is 0 Å². The lowest BCUT2D eigenvalue weighted by Crippen LogP contribution is -2.12. The van der Waals surface area contributed by atoms with Crippen LogP contribution in [0.1, 0.15) is 43.7 Å². The number of hydrogen-bond acceptors (Lipinski definition) is 1. The third-order valence-electron chi connectivity index (χ3n) is 4.18. The molecule has 1 aromatic carbocycles. The van der Waals surface area contributed by atoms with Crippen LogP contribution in [0.3, 0.4) is 0 Å². The van der Waals surface area contributed by atoms with Gasteiger partial charge >= 0.3 is 0 Å². The predicted octanol–water partition coefficient (Wildman–Crippen LogP) is 3.74. The Balaban J connectivity index is 1.79. The first-order valence-corrected chi connectivity index (χ1v) is 6.72. The molecule has 0 saturated carbocycles. The Kier molecular flexibility index (Phi) is 2.73. The van der Waals surface area contributed by atoms with Crippen LogP contribution in [0, 0.1) is 0 Å². The van der Waals surface area contributed by atoms with E-state index in [2.05, 4.69) is 47.7 Å². The number of aromatic nitrogens is 2. The van der Waals surface area contributed by atoms with Gasteiger partial charge in [0.05, 0.1) is 6.33 Å². The van der Waals surface area contributed by atoms with E-state index < -0.39 is 0 Å². The fourth-order valence-corrected chi connectivity index (χ4v) is 3.29. The molecule has 2 nitrogen and oxygen atoms in total. The number of aryl methyl sites for hydroxylation is 1. The molecule has 0 saturated heterocycles. The smallest absolute Gasteiger partial charge is 0.0945 e. The summed E-state index contributed by atoms with van der Waals surface area (Å²) >= 11 is 0. The van der Waals surface area contributed by atoms with Crippen LogP contribution in [-0.4, -0.2) is 9.55 Å². The SMILES string of the molecule is CC1(C)CC(CCn2ccnc2)c2ccccc21. The Morgan fingerprint density at radius 1 is 1.33 bits per heavy atom.